The van der Waals surface area contributed by atoms with Gasteiger partial charge in [-0.2, -0.15) is 0 Å². The summed E-state index contributed by atoms with van der Waals surface area (Å²) in [4.78, 5) is 45.1. The van der Waals surface area contributed by atoms with Crippen LogP contribution in [-0.2, 0) is 27.4 Å². The van der Waals surface area contributed by atoms with Crippen LogP contribution in [0.2, 0.25) is 0 Å². The fourth-order valence-corrected chi connectivity index (χ4v) is 6.72. The summed E-state index contributed by atoms with van der Waals surface area (Å²) in [7, 11) is 0. The van der Waals surface area contributed by atoms with Crippen LogP contribution in [0, 0.1) is 5.92 Å². The molecule has 2 aromatic rings. The first kappa shape index (κ1) is 30.8. The minimum atomic E-state index is -0.965. The second kappa shape index (κ2) is 13.7. The number of hydrogen-bond donors (Lipinski definition) is 3. The molecular weight excluding hydrogens is 552 g/mol. The maximum atomic E-state index is 13.7. The van der Waals surface area contributed by atoms with Crippen LogP contribution in [0.1, 0.15) is 55.2 Å². The molecule has 3 aliphatic rings. The summed E-state index contributed by atoms with van der Waals surface area (Å²) in [5.74, 6) is -1.40. The molecule has 2 aromatic carbocycles. The Bertz CT molecular complexity index is 1330. The Morgan fingerprint density at radius 2 is 1.93 bits per heavy atom. The highest BCUT2D eigenvalue weighted by molar-refractivity contribution is 6.01. The molecule has 0 radical (unpaired) electrons. The molecule has 3 aliphatic heterocycles. The molecule has 0 aliphatic carbocycles. The lowest BCUT2D eigenvalue weighted by atomic mass is 9.83. The molecule has 5 rings (SSSR count). The Morgan fingerprint density at radius 1 is 1.14 bits per heavy atom. The lowest BCUT2D eigenvalue weighted by molar-refractivity contribution is -0.143. The third kappa shape index (κ3) is 6.48. The number of anilines is 1. The normalized spacial score (nSPS) is 21.0. The number of aliphatic carboxylic acids is 1. The number of carbonyl (C=O) groups is 3. The van der Waals surface area contributed by atoms with E-state index in [9.17, 15) is 24.6 Å². The lowest BCUT2D eigenvalue weighted by Crippen LogP contribution is -2.46. The molecule has 0 aromatic heterocycles. The maximum Gasteiger partial charge on any atom is 0.308 e. The highest BCUT2D eigenvalue weighted by Crippen LogP contribution is 2.45. The van der Waals surface area contributed by atoms with E-state index in [1.165, 1.54) is 0 Å². The molecule has 11 heteroatoms. The van der Waals surface area contributed by atoms with E-state index in [4.69, 9.17) is 15.2 Å². The number of ether oxygens (including phenoxy) is 2. The van der Waals surface area contributed by atoms with Crippen molar-refractivity contribution in [1.29, 1.82) is 0 Å². The number of carboxylic acid groups (broad SMARTS) is 1. The average Bonchev–Trinajstić information content (AvgIpc) is 3.70. The van der Waals surface area contributed by atoms with Crippen molar-refractivity contribution >= 4 is 23.5 Å². The largest absolute Gasteiger partial charge is 0.481 e. The van der Waals surface area contributed by atoms with Crippen LogP contribution in [0.25, 0.3) is 0 Å². The number of fused-ring (bicyclic) bond motifs is 2. The van der Waals surface area contributed by atoms with Crippen molar-refractivity contribution in [2.75, 3.05) is 51.0 Å². The molecule has 4 N–H and O–H groups in total. The smallest absolute Gasteiger partial charge is 0.308 e. The van der Waals surface area contributed by atoms with E-state index in [1.807, 2.05) is 34.1 Å². The van der Waals surface area contributed by atoms with Gasteiger partial charge in [0.2, 0.25) is 18.6 Å². The van der Waals surface area contributed by atoms with Crippen molar-refractivity contribution in [2.45, 2.75) is 57.6 Å². The highest BCUT2D eigenvalue weighted by Gasteiger charge is 2.48. The zero-order chi connectivity index (χ0) is 30.5. The number of aliphatic hydroxyl groups is 1. The Hall–Kier alpha value is -3.67. The summed E-state index contributed by atoms with van der Waals surface area (Å²) in [6.07, 6.45) is 3.22. The SMILES string of the molecule is CCCCN(CCCN)C(=O)CN1C[C@H](c2cc(CO)c3c(c2)OCO3)[C@@H](C(=O)O)[C@@H]1CCN1C(=O)Cc2ccccc21. The van der Waals surface area contributed by atoms with Gasteiger partial charge < -0.3 is 35.2 Å². The molecule has 3 atom stereocenters. The second-order valence-electron chi connectivity index (χ2n) is 11.6. The molecule has 3 heterocycles. The molecule has 232 valence electrons. The molecule has 2 amide bonds. The van der Waals surface area contributed by atoms with Gasteiger partial charge in [-0.1, -0.05) is 31.5 Å². The monoisotopic (exact) mass is 594 g/mol. The summed E-state index contributed by atoms with van der Waals surface area (Å²) >= 11 is 0. The van der Waals surface area contributed by atoms with E-state index in [0.717, 1.165) is 24.1 Å². The Morgan fingerprint density at radius 3 is 2.67 bits per heavy atom. The Labute approximate surface area is 252 Å². The topological polar surface area (TPSA) is 146 Å². The van der Waals surface area contributed by atoms with Crippen molar-refractivity contribution in [1.82, 2.24) is 9.80 Å². The summed E-state index contributed by atoms with van der Waals surface area (Å²) in [6.45, 7) is 4.24. The van der Waals surface area contributed by atoms with Crippen LogP contribution in [0.3, 0.4) is 0 Å². The van der Waals surface area contributed by atoms with Gasteiger partial charge in [-0.3, -0.25) is 19.3 Å². The van der Waals surface area contributed by atoms with E-state index in [-0.39, 0.29) is 31.8 Å². The number of benzene rings is 2. The van der Waals surface area contributed by atoms with Crippen LogP contribution >= 0.6 is 0 Å². The van der Waals surface area contributed by atoms with Crippen molar-refractivity contribution in [3.05, 3.63) is 53.1 Å². The third-order valence-corrected chi connectivity index (χ3v) is 8.88. The zero-order valence-electron chi connectivity index (χ0n) is 24.7. The Balaban J connectivity index is 1.45. The van der Waals surface area contributed by atoms with Gasteiger partial charge in [-0.15, -0.1) is 0 Å². The zero-order valence-corrected chi connectivity index (χ0v) is 24.7. The lowest BCUT2D eigenvalue weighted by Gasteiger charge is -2.31. The van der Waals surface area contributed by atoms with Gasteiger partial charge in [0.1, 0.15) is 0 Å². The van der Waals surface area contributed by atoms with Crippen molar-refractivity contribution < 1.29 is 34.1 Å². The third-order valence-electron chi connectivity index (χ3n) is 8.88. The number of nitrogens with zero attached hydrogens (tertiary/aromatic N) is 3. The van der Waals surface area contributed by atoms with Gasteiger partial charge >= 0.3 is 5.97 Å². The van der Waals surface area contributed by atoms with E-state index < -0.39 is 23.8 Å². The van der Waals surface area contributed by atoms with E-state index >= 15 is 0 Å². The van der Waals surface area contributed by atoms with Gasteiger partial charge in [0.15, 0.2) is 11.5 Å². The van der Waals surface area contributed by atoms with E-state index in [0.29, 0.717) is 74.6 Å². The van der Waals surface area contributed by atoms with Gasteiger partial charge in [0, 0.05) is 49.4 Å². The molecule has 43 heavy (non-hydrogen) atoms. The van der Waals surface area contributed by atoms with Crippen molar-refractivity contribution in [3.8, 4) is 11.5 Å². The van der Waals surface area contributed by atoms with Crippen molar-refractivity contribution in [2.24, 2.45) is 11.7 Å². The highest BCUT2D eigenvalue weighted by atomic mass is 16.7. The fraction of sp³-hybridized carbons (Fsp3) is 0.531. The first-order chi connectivity index (χ1) is 20.9. The maximum absolute atomic E-state index is 13.7. The van der Waals surface area contributed by atoms with Gasteiger partial charge in [-0.25, -0.2) is 0 Å². The standard InChI is InChI=1S/C32H42N4O7/c1-2-3-11-34(12-6-10-33)29(39)18-35-17-24(22-14-23(19-37)31-27(15-22)42-20-43-31)30(32(40)41)26(35)9-13-36-25-8-5-4-7-21(25)16-28(36)38/h4-5,7-8,14-15,24,26,30,37H,2-3,6,9-13,16-20,33H2,1H3,(H,40,41)/t24-,26+,30-/m1/s1. The number of para-hydroxylation sites is 1. The number of likely N-dealkylation sites (tertiary alicyclic amines) is 1. The quantitative estimate of drug-likeness (QED) is 0.300. The molecular formula is C32H42N4O7. The number of rotatable bonds is 14. The average molecular weight is 595 g/mol. The van der Waals surface area contributed by atoms with E-state index in [1.54, 1.807) is 17.0 Å². The minimum Gasteiger partial charge on any atom is -0.481 e. The fourth-order valence-electron chi connectivity index (χ4n) is 6.72. The van der Waals surface area contributed by atoms with Gasteiger partial charge in [-0.05, 0) is 55.1 Å². The molecule has 0 spiro atoms. The molecule has 1 fully saturated rings. The molecule has 11 nitrogen and oxygen atoms in total. The summed E-state index contributed by atoms with van der Waals surface area (Å²) in [5, 5.41) is 20.6. The first-order valence-electron chi connectivity index (χ1n) is 15.2. The predicted molar refractivity (Wildman–Crippen MR) is 160 cm³/mol. The summed E-state index contributed by atoms with van der Waals surface area (Å²) in [5.41, 5.74) is 8.81. The molecule has 1 saturated heterocycles. The van der Waals surface area contributed by atoms with Gasteiger partial charge in [0.25, 0.3) is 0 Å². The number of unbranched alkanes of at least 4 members (excludes halogenated alkanes) is 1. The van der Waals surface area contributed by atoms with Crippen LogP contribution in [0.5, 0.6) is 11.5 Å². The number of amides is 2. The number of aliphatic hydroxyl groups excluding tert-OH is 1. The number of hydrogen-bond acceptors (Lipinski definition) is 8. The second-order valence-corrected chi connectivity index (χ2v) is 11.6. The number of carbonyl (C=O) groups excluding carboxylic acids is 2. The number of carboxylic acids is 1. The van der Waals surface area contributed by atoms with Crippen LogP contribution in [0.4, 0.5) is 5.69 Å². The number of nitrogens with two attached hydrogens (primary N) is 1. The van der Waals surface area contributed by atoms with Crippen LogP contribution < -0.4 is 20.1 Å². The predicted octanol–water partition coefficient (Wildman–Crippen LogP) is 2.33. The molecule has 0 unspecified atom stereocenters. The summed E-state index contributed by atoms with van der Waals surface area (Å²) < 4.78 is 11.1. The first-order valence-corrected chi connectivity index (χ1v) is 15.2. The molecule has 0 bridgehead atoms. The van der Waals surface area contributed by atoms with E-state index in [2.05, 4.69) is 6.92 Å². The summed E-state index contributed by atoms with van der Waals surface area (Å²) in [6, 6.07) is 10.7. The van der Waals surface area contributed by atoms with Crippen molar-refractivity contribution in [3.63, 3.8) is 0 Å². The minimum absolute atomic E-state index is 0.0128. The molecule has 0 saturated carbocycles. The Kier molecular flexibility index (Phi) is 9.84. The van der Waals surface area contributed by atoms with Crippen LogP contribution in [-0.4, -0.2) is 89.9 Å². The van der Waals surface area contributed by atoms with Gasteiger partial charge in [0.05, 0.1) is 25.5 Å². The van der Waals surface area contributed by atoms with Crippen LogP contribution in [0.15, 0.2) is 36.4 Å².